The van der Waals surface area contributed by atoms with Crippen LogP contribution in [-0.4, -0.2) is 44.6 Å². The summed E-state index contributed by atoms with van der Waals surface area (Å²) < 4.78 is 44.5. The molecule has 1 aliphatic heterocycles. The molecule has 1 amide bonds. The fraction of sp³-hybridized carbons (Fsp3) is 0.379. The number of nitrogens with one attached hydrogen (secondary N) is 2. The Morgan fingerprint density at radius 1 is 0.976 bits per heavy atom. The second-order valence-electron chi connectivity index (χ2n) is 10.8. The molecule has 0 bridgehead atoms. The maximum Gasteiger partial charge on any atom is 0.225 e. The van der Waals surface area contributed by atoms with Gasteiger partial charge in [0.1, 0.15) is 17.0 Å². The van der Waals surface area contributed by atoms with Gasteiger partial charge in [0.2, 0.25) is 17.8 Å². The minimum absolute atomic E-state index is 0.115. The monoisotopic (exact) mass is 564 g/mol. The van der Waals surface area contributed by atoms with E-state index in [4.69, 9.17) is 10.7 Å². The highest BCUT2D eigenvalue weighted by atomic mass is 19.1. The van der Waals surface area contributed by atoms with Gasteiger partial charge in [0, 0.05) is 48.9 Å². The first-order valence-corrected chi connectivity index (χ1v) is 13.9. The highest BCUT2D eigenvalue weighted by molar-refractivity contribution is 5.78. The molecule has 0 radical (unpaired) electrons. The summed E-state index contributed by atoms with van der Waals surface area (Å²) in [5.74, 6) is -3.14. The van der Waals surface area contributed by atoms with Crippen molar-refractivity contribution >= 4 is 40.3 Å². The summed E-state index contributed by atoms with van der Waals surface area (Å²) in [7, 11) is 0. The van der Waals surface area contributed by atoms with Crippen molar-refractivity contribution < 1.29 is 18.0 Å². The summed E-state index contributed by atoms with van der Waals surface area (Å²) >= 11 is 0. The summed E-state index contributed by atoms with van der Waals surface area (Å²) in [4.78, 5) is 27.9. The van der Waals surface area contributed by atoms with E-state index in [1.165, 1.54) is 0 Å². The van der Waals surface area contributed by atoms with Crippen molar-refractivity contribution in [2.75, 3.05) is 28.6 Å². The fourth-order valence-electron chi connectivity index (χ4n) is 5.94. The van der Waals surface area contributed by atoms with E-state index >= 15 is 0 Å². The molecule has 2 aromatic carbocycles. The number of nitrogens with two attached hydrogens (primary N) is 1. The molecule has 214 valence electrons. The topological polar surface area (TPSA) is 114 Å². The molecule has 1 aliphatic carbocycles. The Morgan fingerprint density at radius 3 is 2.41 bits per heavy atom. The summed E-state index contributed by atoms with van der Waals surface area (Å²) in [6.07, 6.45) is 5.90. The zero-order chi connectivity index (χ0) is 28.5. The lowest BCUT2D eigenvalue weighted by atomic mass is 9.85. The van der Waals surface area contributed by atoms with Crippen LogP contribution in [0.15, 0.2) is 48.7 Å². The molecule has 4 aromatic rings. The van der Waals surface area contributed by atoms with Crippen LogP contribution < -0.4 is 21.3 Å². The molecule has 2 aliphatic rings. The third kappa shape index (κ3) is 5.63. The standard InChI is InChI=1S/C29H31F3N8O/c30-18-13-22(31)25(23(32)14-18)37-29-36-24-15-34-28(35-19-5-4-12-39(16-19)20-6-2-1-3-7-20)38-27(24)40(29)21-10-8-17(9-11-21)26(33)41/h1-3,6-7,13-15,17,19,21H,4-5,8-12,16H2,(H2,33,41)(H,36,37)(H,34,35,38)/t17?,19-,21?/m1/s1. The number of imidazole rings is 1. The number of fused-ring (bicyclic) bond motifs is 1. The number of anilines is 4. The van der Waals surface area contributed by atoms with Gasteiger partial charge >= 0.3 is 0 Å². The molecule has 0 unspecified atom stereocenters. The third-order valence-corrected chi connectivity index (χ3v) is 8.02. The molecule has 41 heavy (non-hydrogen) atoms. The lowest BCUT2D eigenvalue weighted by Gasteiger charge is -2.34. The molecule has 4 N–H and O–H groups in total. The largest absolute Gasteiger partial charge is 0.369 e. The number of rotatable bonds is 7. The van der Waals surface area contributed by atoms with Gasteiger partial charge in [-0.25, -0.2) is 23.1 Å². The maximum atomic E-state index is 14.6. The van der Waals surface area contributed by atoms with Gasteiger partial charge in [-0.3, -0.25) is 9.36 Å². The molecule has 1 atom stereocenters. The first kappa shape index (κ1) is 26.9. The zero-order valence-corrected chi connectivity index (χ0v) is 22.4. The Balaban J connectivity index is 1.31. The minimum atomic E-state index is -1.08. The quantitative estimate of drug-likeness (QED) is 0.280. The SMILES string of the molecule is NC(=O)C1CCC(n2c(Nc3c(F)cc(F)cc3F)nc3cnc(N[C@@H]4CCCN(c5ccccc5)C4)nc32)CC1. The first-order valence-electron chi connectivity index (χ1n) is 13.9. The van der Waals surface area contributed by atoms with Crippen LogP contribution in [0.1, 0.15) is 44.6 Å². The van der Waals surface area contributed by atoms with Crippen LogP contribution >= 0.6 is 0 Å². The molecule has 3 heterocycles. The second-order valence-corrected chi connectivity index (χ2v) is 10.8. The van der Waals surface area contributed by atoms with Crippen molar-refractivity contribution in [3.8, 4) is 0 Å². The van der Waals surface area contributed by atoms with E-state index in [9.17, 15) is 18.0 Å². The van der Waals surface area contributed by atoms with E-state index in [1.54, 1.807) is 10.8 Å². The third-order valence-electron chi connectivity index (χ3n) is 8.02. The van der Waals surface area contributed by atoms with E-state index in [-0.39, 0.29) is 29.9 Å². The Hall–Kier alpha value is -4.35. The Labute approximate surface area is 235 Å². The molecule has 1 saturated heterocycles. The van der Waals surface area contributed by atoms with Gasteiger partial charge in [-0.1, -0.05) is 18.2 Å². The van der Waals surface area contributed by atoms with Crippen LogP contribution in [0.5, 0.6) is 0 Å². The molecular weight excluding hydrogens is 533 g/mol. The summed E-state index contributed by atoms with van der Waals surface area (Å²) in [6.45, 7) is 1.76. The van der Waals surface area contributed by atoms with Crippen molar-refractivity contribution in [2.45, 2.75) is 50.6 Å². The van der Waals surface area contributed by atoms with Crippen LogP contribution in [0.3, 0.4) is 0 Å². The van der Waals surface area contributed by atoms with Crippen LogP contribution in [0.25, 0.3) is 11.2 Å². The number of nitrogens with zero attached hydrogens (tertiary/aromatic N) is 5. The van der Waals surface area contributed by atoms with Gasteiger partial charge in [-0.05, 0) is 50.7 Å². The second kappa shape index (κ2) is 11.3. The molecule has 0 spiro atoms. The first-order chi connectivity index (χ1) is 19.9. The number of primary amides is 1. The maximum absolute atomic E-state index is 14.6. The Morgan fingerprint density at radius 2 is 1.71 bits per heavy atom. The van der Waals surface area contributed by atoms with E-state index in [1.807, 2.05) is 18.2 Å². The number of aromatic nitrogens is 4. The van der Waals surface area contributed by atoms with E-state index in [0.717, 1.165) is 31.6 Å². The smallest absolute Gasteiger partial charge is 0.225 e. The van der Waals surface area contributed by atoms with Crippen LogP contribution in [-0.2, 0) is 4.79 Å². The number of halogens is 3. The Kier molecular flexibility index (Phi) is 7.38. The van der Waals surface area contributed by atoms with Gasteiger partial charge in [-0.2, -0.15) is 4.98 Å². The normalized spacial score (nSPS) is 21.1. The van der Waals surface area contributed by atoms with Crippen molar-refractivity contribution in [1.29, 1.82) is 0 Å². The molecule has 1 saturated carbocycles. The van der Waals surface area contributed by atoms with Crippen LogP contribution in [0.2, 0.25) is 0 Å². The van der Waals surface area contributed by atoms with E-state index in [0.29, 0.717) is 54.9 Å². The van der Waals surface area contributed by atoms with Crippen molar-refractivity contribution in [2.24, 2.45) is 11.7 Å². The molecular formula is C29H31F3N8O. The number of carbonyl (C=O) groups excluding carboxylic acids is 1. The number of hydrogen-bond acceptors (Lipinski definition) is 7. The minimum Gasteiger partial charge on any atom is -0.369 e. The summed E-state index contributed by atoms with van der Waals surface area (Å²) in [5.41, 5.74) is 7.12. The van der Waals surface area contributed by atoms with Gasteiger partial charge in [0.15, 0.2) is 17.3 Å². The lowest BCUT2D eigenvalue weighted by molar-refractivity contribution is -0.122. The van der Waals surface area contributed by atoms with Crippen molar-refractivity contribution in [3.63, 3.8) is 0 Å². The molecule has 9 nitrogen and oxygen atoms in total. The van der Waals surface area contributed by atoms with Crippen molar-refractivity contribution in [3.05, 3.63) is 66.1 Å². The van der Waals surface area contributed by atoms with Gasteiger partial charge < -0.3 is 21.3 Å². The average Bonchev–Trinajstić information content (AvgIpc) is 3.33. The zero-order valence-electron chi connectivity index (χ0n) is 22.4. The number of para-hydroxylation sites is 1. The fourth-order valence-corrected chi connectivity index (χ4v) is 5.94. The highest BCUT2D eigenvalue weighted by Crippen LogP contribution is 2.37. The molecule has 12 heteroatoms. The number of piperidine rings is 1. The highest BCUT2D eigenvalue weighted by Gasteiger charge is 2.30. The number of amides is 1. The number of hydrogen-bond donors (Lipinski definition) is 3. The average molecular weight is 565 g/mol. The van der Waals surface area contributed by atoms with Crippen LogP contribution in [0.4, 0.5) is 36.4 Å². The van der Waals surface area contributed by atoms with E-state index in [2.05, 4.69) is 37.6 Å². The summed E-state index contributed by atoms with van der Waals surface area (Å²) in [6, 6.07) is 11.4. The van der Waals surface area contributed by atoms with Crippen molar-refractivity contribution in [1.82, 2.24) is 19.5 Å². The summed E-state index contributed by atoms with van der Waals surface area (Å²) in [5, 5.41) is 6.19. The predicted octanol–water partition coefficient (Wildman–Crippen LogP) is 5.28. The van der Waals surface area contributed by atoms with Crippen LogP contribution in [0, 0.1) is 23.4 Å². The Bertz CT molecular complexity index is 1530. The van der Waals surface area contributed by atoms with Gasteiger partial charge in [0.25, 0.3) is 0 Å². The number of carbonyl (C=O) groups is 1. The molecule has 2 fully saturated rings. The van der Waals surface area contributed by atoms with Gasteiger partial charge in [-0.15, -0.1) is 0 Å². The lowest BCUT2D eigenvalue weighted by Crippen LogP contribution is -2.42. The number of benzene rings is 2. The van der Waals surface area contributed by atoms with Gasteiger partial charge in [0.05, 0.1) is 6.20 Å². The predicted molar refractivity (Wildman–Crippen MR) is 150 cm³/mol. The van der Waals surface area contributed by atoms with E-state index < -0.39 is 23.1 Å². The molecule has 6 rings (SSSR count). The molecule has 2 aromatic heterocycles.